The lowest BCUT2D eigenvalue weighted by atomic mass is 9.87. The van der Waals surface area contributed by atoms with Crippen LogP contribution in [0.1, 0.15) is 37.9 Å². The highest BCUT2D eigenvalue weighted by Crippen LogP contribution is 2.44. The first kappa shape index (κ1) is 14.9. The summed E-state index contributed by atoms with van der Waals surface area (Å²) >= 11 is 0. The number of aliphatic carboxylic acids is 1. The average Bonchev–Trinajstić information content (AvgIpc) is 2.91. The zero-order valence-corrected chi connectivity index (χ0v) is 12.0. The van der Waals surface area contributed by atoms with Crippen LogP contribution in [0.2, 0.25) is 0 Å². The molecule has 4 atom stereocenters. The predicted molar refractivity (Wildman–Crippen MR) is 75.6 cm³/mol. The smallest absolute Gasteiger partial charge is 0.306 e. The first-order valence-electron chi connectivity index (χ1n) is 7.11. The topological polar surface area (TPSA) is 66.8 Å². The monoisotopic (exact) mass is 278 g/mol. The first-order valence-corrected chi connectivity index (χ1v) is 7.11. The Labute approximate surface area is 119 Å². The van der Waals surface area contributed by atoms with Crippen molar-refractivity contribution in [3.8, 4) is 5.75 Å². The molecule has 1 fully saturated rings. The van der Waals surface area contributed by atoms with E-state index >= 15 is 0 Å². The van der Waals surface area contributed by atoms with Crippen molar-refractivity contribution in [3.63, 3.8) is 0 Å². The van der Waals surface area contributed by atoms with Gasteiger partial charge >= 0.3 is 5.97 Å². The first-order chi connectivity index (χ1) is 9.56. The molecular formula is C16H22O4. The van der Waals surface area contributed by atoms with Crippen LogP contribution in [-0.2, 0) is 4.79 Å². The van der Waals surface area contributed by atoms with Crippen molar-refractivity contribution >= 4 is 5.97 Å². The number of hydrogen-bond donors (Lipinski definition) is 2. The van der Waals surface area contributed by atoms with E-state index in [1.165, 1.54) is 0 Å². The van der Waals surface area contributed by atoms with Crippen LogP contribution in [0.3, 0.4) is 0 Å². The second-order valence-electron chi connectivity index (χ2n) is 5.57. The molecule has 4 heteroatoms. The number of carbonyl (C=O) groups is 1. The molecule has 2 N–H and O–H groups in total. The molecule has 4 nitrogen and oxygen atoms in total. The van der Waals surface area contributed by atoms with Gasteiger partial charge in [0.2, 0.25) is 0 Å². The van der Waals surface area contributed by atoms with E-state index in [-0.39, 0.29) is 5.92 Å². The van der Waals surface area contributed by atoms with Gasteiger partial charge in [0.05, 0.1) is 19.1 Å². The van der Waals surface area contributed by atoms with Gasteiger partial charge in [-0.15, -0.1) is 0 Å². The molecule has 1 aromatic carbocycles. The van der Waals surface area contributed by atoms with Crippen LogP contribution in [0.4, 0.5) is 0 Å². The Bertz CT molecular complexity index is 454. The van der Waals surface area contributed by atoms with Gasteiger partial charge in [-0.1, -0.05) is 25.5 Å². The zero-order chi connectivity index (χ0) is 14.7. The zero-order valence-electron chi connectivity index (χ0n) is 12.0. The van der Waals surface area contributed by atoms with Gasteiger partial charge in [0, 0.05) is 5.92 Å². The minimum absolute atomic E-state index is 0.203. The van der Waals surface area contributed by atoms with Gasteiger partial charge in [-0.2, -0.15) is 0 Å². The number of ether oxygens (including phenoxy) is 1. The third kappa shape index (κ3) is 2.96. The number of rotatable bonds is 5. The maximum atomic E-state index is 11.4. The van der Waals surface area contributed by atoms with E-state index in [1.54, 1.807) is 19.2 Å². The summed E-state index contributed by atoms with van der Waals surface area (Å²) in [6.45, 7) is 2.08. The number of benzene rings is 1. The molecule has 110 valence electrons. The fraction of sp³-hybridized carbons (Fsp3) is 0.562. The van der Waals surface area contributed by atoms with Crippen molar-refractivity contribution < 1.29 is 19.7 Å². The van der Waals surface area contributed by atoms with E-state index in [4.69, 9.17) is 4.74 Å². The fourth-order valence-electron chi connectivity index (χ4n) is 3.19. The number of methoxy groups -OCH3 is 1. The number of carboxylic acids is 1. The van der Waals surface area contributed by atoms with Crippen molar-refractivity contribution in [2.24, 2.45) is 17.8 Å². The molecule has 0 saturated heterocycles. The Kier molecular flexibility index (Phi) is 4.65. The van der Waals surface area contributed by atoms with E-state index in [0.29, 0.717) is 12.3 Å². The summed E-state index contributed by atoms with van der Waals surface area (Å²) in [5.74, 6) is -0.316. The highest BCUT2D eigenvalue weighted by molar-refractivity contribution is 5.71. The molecule has 0 bridgehead atoms. The highest BCUT2D eigenvalue weighted by atomic mass is 16.5. The third-order valence-corrected chi connectivity index (χ3v) is 4.47. The van der Waals surface area contributed by atoms with Crippen LogP contribution in [0.25, 0.3) is 0 Å². The van der Waals surface area contributed by atoms with Crippen LogP contribution >= 0.6 is 0 Å². The van der Waals surface area contributed by atoms with Gasteiger partial charge in [0.1, 0.15) is 5.75 Å². The summed E-state index contributed by atoms with van der Waals surface area (Å²) < 4.78 is 5.09. The van der Waals surface area contributed by atoms with E-state index in [9.17, 15) is 15.0 Å². The van der Waals surface area contributed by atoms with Crippen LogP contribution in [0.5, 0.6) is 5.75 Å². The molecule has 4 unspecified atom stereocenters. The van der Waals surface area contributed by atoms with Crippen LogP contribution in [0.15, 0.2) is 24.3 Å². The largest absolute Gasteiger partial charge is 0.497 e. The SMILES string of the molecule is CCC1CC(C(=O)O)C(C(O)c2ccc(OC)cc2)C1. The quantitative estimate of drug-likeness (QED) is 0.869. The molecule has 1 aliphatic rings. The highest BCUT2D eigenvalue weighted by Gasteiger charge is 2.42. The lowest BCUT2D eigenvalue weighted by Gasteiger charge is -2.22. The van der Waals surface area contributed by atoms with Gasteiger partial charge in [-0.3, -0.25) is 4.79 Å². The Morgan fingerprint density at radius 1 is 1.35 bits per heavy atom. The molecule has 1 saturated carbocycles. The summed E-state index contributed by atoms with van der Waals surface area (Å²) in [6, 6.07) is 7.20. The van der Waals surface area contributed by atoms with Crippen molar-refractivity contribution in [3.05, 3.63) is 29.8 Å². The minimum Gasteiger partial charge on any atom is -0.497 e. The Balaban J connectivity index is 2.17. The maximum absolute atomic E-state index is 11.4. The van der Waals surface area contributed by atoms with Crippen LogP contribution in [-0.4, -0.2) is 23.3 Å². The molecule has 0 amide bonds. The Morgan fingerprint density at radius 3 is 2.50 bits per heavy atom. The molecular weight excluding hydrogens is 256 g/mol. The number of aliphatic hydroxyl groups is 1. The Hall–Kier alpha value is -1.55. The molecule has 20 heavy (non-hydrogen) atoms. The van der Waals surface area contributed by atoms with Gasteiger partial charge < -0.3 is 14.9 Å². The van der Waals surface area contributed by atoms with Crippen molar-refractivity contribution in [2.75, 3.05) is 7.11 Å². The Morgan fingerprint density at radius 2 is 2.00 bits per heavy atom. The molecule has 0 heterocycles. The second-order valence-corrected chi connectivity index (χ2v) is 5.57. The van der Waals surface area contributed by atoms with E-state index in [1.807, 2.05) is 12.1 Å². The van der Waals surface area contributed by atoms with Gasteiger partial charge in [0.25, 0.3) is 0 Å². The molecule has 0 aliphatic heterocycles. The summed E-state index contributed by atoms with van der Waals surface area (Å²) in [4.78, 5) is 11.4. The van der Waals surface area contributed by atoms with Gasteiger partial charge in [-0.05, 0) is 36.5 Å². The van der Waals surface area contributed by atoms with E-state index in [2.05, 4.69) is 6.92 Å². The molecule has 1 aromatic rings. The molecule has 0 spiro atoms. The molecule has 0 radical (unpaired) electrons. The summed E-state index contributed by atoms with van der Waals surface area (Å²) in [6.07, 6.45) is 1.69. The van der Waals surface area contributed by atoms with Crippen molar-refractivity contribution in [1.29, 1.82) is 0 Å². The van der Waals surface area contributed by atoms with Gasteiger partial charge in [-0.25, -0.2) is 0 Å². The average molecular weight is 278 g/mol. The van der Waals surface area contributed by atoms with E-state index in [0.717, 1.165) is 24.2 Å². The molecule has 1 aliphatic carbocycles. The standard InChI is InChI=1S/C16H22O4/c1-3-10-8-13(14(9-10)16(18)19)15(17)11-4-6-12(20-2)7-5-11/h4-7,10,13-15,17H,3,8-9H2,1-2H3,(H,18,19). The normalized spacial score (nSPS) is 27.2. The van der Waals surface area contributed by atoms with Crippen LogP contribution in [0, 0.1) is 17.8 Å². The predicted octanol–water partition coefficient (Wildman–Crippen LogP) is 2.87. The third-order valence-electron chi connectivity index (χ3n) is 4.47. The maximum Gasteiger partial charge on any atom is 0.306 e. The van der Waals surface area contributed by atoms with Crippen LogP contribution < -0.4 is 4.74 Å². The number of aliphatic hydroxyl groups excluding tert-OH is 1. The fourth-order valence-corrected chi connectivity index (χ4v) is 3.19. The number of hydrogen-bond acceptors (Lipinski definition) is 3. The lowest BCUT2D eigenvalue weighted by Crippen LogP contribution is -2.23. The molecule has 2 rings (SSSR count). The second kappa shape index (κ2) is 6.27. The summed E-state index contributed by atoms with van der Waals surface area (Å²) in [7, 11) is 1.59. The lowest BCUT2D eigenvalue weighted by molar-refractivity contribution is -0.144. The van der Waals surface area contributed by atoms with Gasteiger partial charge in [0.15, 0.2) is 0 Å². The van der Waals surface area contributed by atoms with E-state index < -0.39 is 18.0 Å². The summed E-state index contributed by atoms with van der Waals surface area (Å²) in [5.41, 5.74) is 0.763. The molecule has 0 aromatic heterocycles. The summed E-state index contributed by atoms with van der Waals surface area (Å²) in [5, 5.41) is 19.9. The van der Waals surface area contributed by atoms with Crippen molar-refractivity contribution in [2.45, 2.75) is 32.3 Å². The minimum atomic E-state index is -0.793. The number of carboxylic acid groups (broad SMARTS) is 1. The van der Waals surface area contributed by atoms with Crippen molar-refractivity contribution in [1.82, 2.24) is 0 Å².